The number of phenolic OH excluding ortho intramolecular Hbond substituents is 3. The zero-order valence-corrected chi connectivity index (χ0v) is 12.2. The summed E-state index contributed by atoms with van der Waals surface area (Å²) in [5, 5.41) is 44.5. The van der Waals surface area contributed by atoms with Gasteiger partial charge in [-0.2, -0.15) is 0 Å². The second kappa shape index (κ2) is 5.66. The Morgan fingerprint density at radius 1 is 0.522 bits per heavy atom. The third-order valence-electron chi connectivity index (χ3n) is 3.85. The summed E-state index contributed by atoms with van der Waals surface area (Å²) >= 11 is 0. The molecule has 0 bridgehead atoms. The molecule has 3 rings (SSSR count). The normalized spacial score (nSPS) is 11.3. The Morgan fingerprint density at radius 3 is 1.04 bits per heavy atom. The molecule has 23 heavy (non-hydrogen) atoms. The summed E-state index contributed by atoms with van der Waals surface area (Å²) in [6.45, 7) is 0. The van der Waals surface area contributed by atoms with Gasteiger partial charge in [-0.3, -0.25) is 0 Å². The standard InChI is InChI=1S/C19H15O4/c20-16-10-4-1-7-13(16)19(23,14-8-2-5-11-17(14)21)15-9-3-6-12-18(15)22/h1-12,20-22H. The van der Waals surface area contributed by atoms with E-state index in [1.807, 2.05) is 0 Å². The topological polar surface area (TPSA) is 80.6 Å². The lowest BCUT2D eigenvalue weighted by atomic mass is 9.79. The molecule has 4 heteroatoms. The van der Waals surface area contributed by atoms with E-state index in [2.05, 4.69) is 0 Å². The number of phenols is 3. The van der Waals surface area contributed by atoms with E-state index in [0.717, 1.165) is 0 Å². The van der Waals surface area contributed by atoms with Gasteiger partial charge in [0.05, 0.1) is 0 Å². The van der Waals surface area contributed by atoms with Gasteiger partial charge in [-0.25, -0.2) is 5.11 Å². The summed E-state index contributed by atoms with van der Waals surface area (Å²) in [4.78, 5) is 0. The van der Waals surface area contributed by atoms with Crippen molar-refractivity contribution in [3.63, 3.8) is 0 Å². The highest BCUT2D eigenvalue weighted by molar-refractivity contribution is 5.58. The predicted molar refractivity (Wildman–Crippen MR) is 84.9 cm³/mol. The molecule has 0 saturated heterocycles. The lowest BCUT2D eigenvalue weighted by molar-refractivity contribution is 0.0351. The summed E-state index contributed by atoms with van der Waals surface area (Å²) in [6, 6.07) is 18.4. The van der Waals surface area contributed by atoms with Gasteiger partial charge in [0.2, 0.25) is 0 Å². The summed E-state index contributed by atoms with van der Waals surface area (Å²) in [6.07, 6.45) is 0. The van der Waals surface area contributed by atoms with E-state index in [1.165, 1.54) is 36.4 Å². The van der Waals surface area contributed by atoms with Crippen LogP contribution in [0, 0.1) is 0 Å². The van der Waals surface area contributed by atoms with Gasteiger partial charge in [0, 0.05) is 16.7 Å². The van der Waals surface area contributed by atoms with Crippen LogP contribution in [-0.4, -0.2) is 15.3 Å². The molecule has 0 aromatic heterocycles. The minimum Gasteiger partial charge on any atom is -0.508 e. The van der Waals surface area contributed by atoms with Crippen LogP contribution in [0.3, 0.4) is 0 Å². The lowest BCUT2D eigenvalue weighted by Crippen LogP contribution is -2.27. The van der Waals surface area contributed by atoms with Gasteiger partial charge in [0.1, 0.15) is 17.2 Å². The van der Waals surface area contributed by atoms with Gasteiger partial charge in [-0.05, 0) is 18.2 Å². The van der Waals surface area contributed by atoms with E-state index in [-0.39, 0.29) is 33.9 Å². The third kappa shape index (κ3) is 2.39. The number of hydrogen-bond acceptors (Lipinski definition) is 3. The smallest absolute Gasteiger partial charge is 0.189 e. The average molecular weight is 307 g/mol. The highest BCUT2D eigenvalue weighted by atomic mass is 16.3. The van der Waals surface area contributed by atoms with Crippen molar-refractivity contribution in [1.82, 2.24) is 0 Å². The number of para-hydroxylation sites is 3. The monoisotopic (exact) mass is 307 g/mol. The van der Waals surface area contributed by atoms with Gasteiger partial charge >= 0.3 is 0 Å². The molecule has 4 nitrogen and oxygen atoms in total. The van der Waals surface area contributed by atoms with Crippen LogP contribution >= 0.6 is 0 Å². The van der Waals surface area contributed by atoms with E-state index in [9.17, 15) is 20.4 Å². The van der Waals surface area contributed by atoms with E-state index < -0.39 is 5.60 Å². The Morgan fingerprint density at radius 2 is 0.783 bits per heavy atom. The quantitative estimate of drug-likeness (QED) is 0.648. The zero-order chi connectivity index (χ0) is 16.4. The average Bonchev–Trinajstić information content (AvgIpc) is 2.55. The Kier molecular flexibility index (Phi) is 3.68. The Labute approximate surface area is 133 Å². The largest absolute Gasteiger partial charge is 0.508 e. The first-order valence-corrected chi connectivity index (χ1v) is 7.11. The predicted octanol–water partition coefficient (Wildman–Crippen LogP) is 3.53. The van der Waals surface area contributed by atoms with Gasteiger partial charge in [0.15, 0.2) is 5.60 Å². The van der Waals surface area contributed by atoms with Gasteiger partial charge in [0.25, 0.3) is 0 Å². The number of aromatic hydroxyl groups is 3. The van der Waals surface area contributed by atoms with Crippen LogP contribution in [0.4, 0.5) is 0 Å². The molecule has 1 radical (unpaired) electrons. The molecule has 115 valence electrons. The maximum Gasteiger partial charge on any atom is 0.189 e. The van der Waals surface area contributed by atoms with Crippen LogP contribution in [-0.2, 0) is 10.7 Å². The minimum absolute atomic E-state index is 0.0583. The molecule has 0 aliphatic rings. The number of benzene rings is 3. The molecule has 3 aromatic rings. The second-order valence-corrected chi connectivity index (χ2v) is 5.23. The molecule has 0 spiro atoms. The highest BCUT2D eigenvalue weighted by Crippen LogP contribution is 2.46. The molecule has 0 aliphatic heterocycles. The fourth-order valence-electron chi connectivity index (χ4n) is 2.75. The van der Waals surface area contributed by atoms with Crippen molar-refractivity contribution in [2.24, 2.45) is 0 Å². The Balaban J connectivity index is 2.38. The Hall–Kier alpha value is -2.98. The SMILES string of the molecule is [O]C(c1ccccc1O)(c1ccccc1O)c1ccccc1O. The molecule has 0 amide bonds. The molecule has 0 atom stereocenters. The van der Waals surface area contributed by atoms with Crippen molar-refractivity contribution in [1.29, 1.82) is 0 Å². The van der Waals surface area contributed by atoms with Crippen molar-refractivity contribution in [3.8, 4) is 17.2 Å². The molecule has 0 heterocycles. The molecular formula is C19H15O4. The first-order chi connectivity index (χ1) is 11.0. The minimum atomic E-state index is -2.15. The van der Waals surface area contributed by atoms with Crippen molar-refractivity contribution in [2.45, 2.75) is 5.60 Å². The first-order valence-electron chi connectivity index (χ1n) is 7.11. The van der Waals surface area contributed by atoms with Crippen LogP contribution < -0.4 is 0 Å². The molecule has 0 aliphatic carbocycles. The van der Waals surface area contributed by atoms with Crippen LogP contribution in [0.25, 0.3) is 0 Å². The van der Waals surface area contributed by atoms with Crippen molar-refractivity contribution < 1.29 is 20.4 Å². The van der Waals surface area contributed by atoms with Crippen LogP contribution in [0.1, 0.15) is 16.7 Å². The number of hydrogen-bond donors (Lipinski definition) is 3. The van der Waals surface area contributed by atoms with Crippen molar-refractivity contribution >= 4 is 0 Å². The van der Waals surface area contributed by atoms with Crippen LogP contribution in [0.15, 0.2) is 72.8 Å². The van der Waals surface area contributed by atoms with Gasteiger partial charge in [-0.1, -0.05) is 54.6 Å². The molecule has 3 aromatic carbocycles. The summed E-state index contributed by atoms with van der Waals surface area (Å²) in [5.41, 5.74) is -1.98. The van der Waals surface area contributed by atoms with E-state index >= 15 is 0 Å². The fraction of sp³-hybridized carbons (Fsp3) is 0.0526. The lowest BCUT2D eigenvalue weighted by Gasteiger charge is -2.29. The van der Waals surface area contributed by atoms with Gasteiger partial charge < -0.3 is 15.3 Å². The van der Waals surface area contributed by atoms with Crippen LogP contribution in [0.2, 0.25) is 0 Å². The maximum absolute atomic E-state index is 13.9. The third-order valence-corrected chi connectivity index (χ3v) is 3.85. The summed E-state index contributed by atoms with van der Waals surface area (Å²) in [5.74, 6) is -0.600. The van der Waals surface area contributed by atoms with E-state index in [0.29, 0.717) is 0 Å². The highest BCUT2D eigenvalue weighted by Gasteiger charge is 2.42. The maximum atomic E-state index is 13.9. The fourth-order valence-corrected chi connectivity index (χ4v) is 2.75. The summed E-state index contributed by atoms with van der Waals surface area (Å²) < 4.78 is 0. The molecule has 0 unspecified atom stereocenters. The van der Waals surface area contributed by atoms with Crippen molar-refractivity contribution in [3.05, 3.63) is 89.5 Å². The molecule has 0 fully saturated rings. The number of rotatable bonds is 3. The Bertz CT molecular complexity index is 731. The molecule has 3 N–H and O–H groups in total. The molecular weight excluding hydrogens is 292 g/mol. The van der Waals surface area contributed by atoms with Crippen LogP contribution in [0.5, 0.6) is 17.2 Å². The first kappa shape index (κ1) is 14.9. The summed E-state index contributed by atoms with van der Waals surface area (Å²) in [7, 11) is 0. The van der Waals surface area contributed by atoms with Crippen molar-refractivity contribution in [2.75, 3.05) is 0 Å². The van der Waals surface area contributed by atoms with E-state index in [1.54, 1.807) is 36.4 Å². The second-order valence-electron chi connectivity index (χ2n) is 5.23. The zero-order valence-electron chi connectivity index (χ0n) is 12.2. The van der Waals surface area contributed by atoms with Gasteiger partial charge in [-0.15, -0.1) is 0 Å². The van der Waals surface area contributed by atoms with E-state index in [4.69, 9.17) is 0 Å². The molecule has 0 saturated carbocycles.